The lowest BCUT2D eigenvalue weighted by molar-refractivity contribution is 0.474. The van der Waals surface area contributed by atoms with Gasteiger partial charge in [-0.3, -0.25) is 0 Å². The minimum absolute atomic E-state index is 0.0395. The van der Waals surface area contributed by atoms with Crippen molar-refractivity contribution < 1.29 is 10.2 Å². The highest BCUT2D eigenvalue weighted by Crippen LogP contribution is 2.36. The Morgan fingerprint density at radius 1 is 0.938 bits per heavy atom. The Morgan fingerprint density at radius 3 is 2.31 bits per heavy atom. The normalized spacial score (nSPS) is 10.2. The summed E-state index contributed by atoms with van der Waals surface area (Å²) in [7, 11) is 0. The van der Waals surface area contributed by atoms with Crippen molar-refractivity contribution in [2.45, 2.75) is 0 Å². The van der Waals surface area contributed by atoms with Crippen LogP contribution in [-0.4, -0.2) is 10.2 Å². The summed E-state index contributed by atoms with van der Waals surface area (Å²) in [6.07, 6.45) is 0. The maximum Gasteiger partial charge on any atom is 0.125 e. The summed E-state index contributed by atoms with van der Waals surface area (Å²) in [5.41, 5.74) is 13.3. The van der Waals surface area contributed by atoms with Crippen molar-refractivity contribution in [2.24, 2.45) is 0 Å². The van der Waals surface area contributed by atoms with E-state index in [9.17, 15) is 10.2 Å². The molecule has 0 aliphatic carbocycles. The van der Waals surface area contributed by atoms with E-state index < -0.39 is 0 Å². The molecule has 0 unspecified atom stereocenters. The van der Waals surface area contributed by atoms with Crippen LogP contribution in [-0.2, 0) is 0 Å². The molecule has 82 valence electrons. The maximum atomic E-state index is 9.72. The van der Waals surface area contributed by atoms with E-state index in [-0.39, 0.29) is 11.5 Å². The zero-order valence-corrected chi connectivity index (χ0v) is 8.51. The number of hydrogen-bond acceptors (Lipinski definition) is 4. The van der Waals surface area contributed by atoms with E-state index in [0.717, 1.165) is 0 Å². The van der Waals surface area contributed by atoms with Crippen LogP contribution in [0.2, 0.25) is 0 Å². The van der Waals surface area contributed by atoms with Gasteiger partial charge in [0, 0.05) is 23.0 Å². The Labute approximate surface area is 92.8 Å². The van der Waals surface area contributed by atoms with Crippen molar-refractivity contribution in [2.75, 3.05) is 11.5 Å². The van der Waals surface area contributed by atoms with Crippen LogP contribution in [0, 0.1) is 0 Å². The van der Waals surface area contributed by atoms with Crippen molar-refractivity contribution in [3.63, 3.8) is 0 Å². The van der Waals surface area contributed by atoms with Crippen molar-refractivity contribution in [1.29, 1.82) is 0 Å². The van der Waals surface area contributed by atoms with Gasteiger partial charge in [0.15, 0.2) is 0 Å². The molecule has 0 aromatic heterocycles. The van der Waals surface area contributed by atoms with E-state index in [0.29, 0.717) is 22.5 Å². The third kappa shape index (κ3) is 1.72. The first-order valence-corrected chi connectivity index (χ1v) is 4.75. The Morgan fingerprint density at radius 2 is 1.69 bits per heavy atom. The molecule has 0 aliphatic heterocycles. The lowest BCUT2D eigenvalue weighted by Gasteiger charge is -2.09. The van der Waals surface area contributed by atoms with E-state index in [4.69, 9.17) is 11.5 Å². The van der Waals surface area contributed by atoms with Crippen LogP contribution < -0.4 is 11.5 Å². The summed E-state index contributed by atoms with van der Waals surface area (Å²) in [6, 6.07) is 9.44. The predicted molar refractivity (Wildman–Crippen MR) is 64.0 cm³/mol. The summed E-state index contributed by atoms with van der Waals surface area (Å²) in [5, 5.41) is 19.2. The van der Waals surface area contributed by atoms with E-state index in [1.807, 2.05) is 0 Å². The van der Waals surface area contributed by atoms with Gasteiger partial charge in [-0.1, -0.05) is 6.07 Å². The Bertz CT molecular complexity index is 498. The molecule has 0 amide bonds. The van der Waals surface area contributed by atoms with Crippen LogP contribution in [0.5, 0.6) is 11.5 Å². The van der Waals surface area contributed by atoms with Crippen LogP contribution in [0.3, 0.4) is 0 Å². The quantitative estimate of drug-likeness (QED) is 0.548. The minimum atomic E-state index is 0.0395. The number of nitrogens with two attached hydrogens (primary N) is 2. The summed E-state index contributed by atoms with van der Waals surface area (Å²) in [6.45, 7) is 0. The van der Waals surface area contributed by atoms with Gasteiger partial charge in [-0.25, -0.2) is 0 Å². The van der Waals surface area contributed by atoms with Gasteiger partial charge in [-0.2, -0.15) is 0 Å². The molecule has 6 N–H and O–H groups in total. The second-order valence-corrected chi connectivity index (χ2v) is 3.55. The van der Waals surface area contributed by atoms with Crippen molar-refractivity contribution in [1.82, 2.24) is 0 Å². The molecule has 0 atom stereocenters. The van der Waals surface area contributed by atoms with Crippen LogP contribution in [0.25, 0.3) is 11.1 Å². The molecule has 0 bridgehead atoms. The number of hydrogen-bond donors (Lipinski definition) is 4. The monoisotopic (exact) mass is 216 g/mol. The third-order valence-corrected chi connectivity index (χ3v) is 2.30. The predicted octanol–water partition coefficient (Wildman–Crippen LogP) is 1.93. The van der Waals surface area contributed by atoms with Gasteiger partial charge < -0.3 is 21.7 Å². The first-order valence-electron chi connectivity index (χ1n) is 4.75. The fraction of sp³-hybridized carbons (Fsp3) is 0. The molecule has 16 heavy (non-hydrogen) atoms. The average Bonchev–Trinajstić information content (AvgIpc) is 2.15. The van der Waals surface area contributed by atoms with Crippen LogP contribution >= 0.6 is 0 Å². The number of rotatable bonds is 1. The van der Waals surface area contributed by atoms with E-state index in [1.165, 1.54) is 18.2 Å². The van der Waals surface area contributed by atoms with Crippen LogP contribution in [0.15, 0.2) is 36.4 Å². The molecule has 4 heteroatoms. The Kier molecular flexibility index (Phi) is 2.32. The average molecular weight is 216 g/mol. The smallest absolute Gasteiger partial charge is 0.125 e. The first kappa shape index (κ1) is 10.2. The topological polar surface area (TPSA) is 92.5 Å². The molecule has 0 spiro atoms. The number of nitrogen functional groups attached to an aromatic ring is 2. The second-order valence-electron chi connectivity index (χ2n) is 3.55. The fourth-order valence-electron chi connectivity index (χ4n) is 1.65. The van der Waals surface area contributed by atoms with Gasteiger partial charge in [-0.05, 0) is 29.8 Å². The highest BCUT2D eigenvalue weighted by atomic mass is 16.3. The number of anilines is 2. The van der Waals surface area contributed by atoms with Gasteiger partial charge in [0.2, 0.25) is 0 Å². The van der Waals surface area contributed by atoms with E-state index >= 15 is 0 Å². The minimum Gasteiger partial charge on any atom is -0.508 e. The van der Waals surface area contributed by atoms with Gasteiger partial charge in [0.05, 0.1) is 0 Å². The zero-order valence-electron chi connectivity index (χ0n) is 8.51. The highest BCUT2D eigenvalue weighted by Gasteiger charge is 2.09. The maximum absolute atomic E-state index is 9.72. The van der Waals surface area contributed by atoms with Crippen LogP contribution in [0.4, 0.5) is 11.4 Å². The van der Waals surface area contributed by atoms with Crippen molar-refractivity contribution in [3.05, 3.63) is 36.4 Å². The lowest BCUT2D eigenvalue weighted by atomic mass is 10.0. The van der Waals surface area contributed by atoms with Crippen LogP contribution in [0.1, 0.15) is 0 Å². The highest BCUT2D eigenvalue weighted by molar-refractivity contribution is 5.83. The van der Waals surface area contributed by atoms with Crippen molar-refractivity contribution in [3.8, 4) is 22.6 Å². The molecular formula is C12H12N2O2. The lowest BCUT2D eigenvalue weighted by Crippen LogP contribution is -1.92. The molecule has 0 saturated carbocycles. The molecular weight excluding hydrogens is 204 g/mol. The SMILES string of the molecule is Nc1cc(O)cc(-c2c(N)cccc2O)c1. The summed E-state index contributed by atoms with van der Waals surface area (Å²) >= 11 is 0. The van der Waals surface area contributed by atoms with E-state index in [1.54, 1.807) is 18.2 Å². The molecule has 0 fully saturated rings. The number of phenols is 2. The molecule has 4 nitrogen and oxygen atoms in total. The van der Waals surface area contributed by atoms with Gasteiger partial charge >= 0.3 is 0 Å². The molecule has 0 aliphatic rings. The molecule has 0 heterocycles. The third-order valence-electron chi connectivity index (χ3n) is 2.30. The number of aromatic hydroxyl groups is 2. The summed E-state index contributed by atoms with van der Waals surface area (Å²) < 4.78 is 0. The van der Waals surface area contributed by atoms with Gasteiger partial charge in [0.25, 0.3) is 0 Å². The molecule has 2 aromatic carbocycles. The number of benzene rings is 2. The molecule has 2 aromatic rings. The Hall–Kier alpha value is -2.36. The standard InChI is InChI=1S/C12H12N2O2/c13-8-4-7(5-9(15)6-8)12-10(14)2-1-3-11(12)16/h1-6,15-16H,13-14H2. The van der Waals surface area contributed by atoms with Gasteiger partial charge in [0.1, 0.15) is 11.5 Å². The molecule has 0 saturated heterocycles. The van der Waals surface area contributed by atoms with Crippen molar-refractivity contribution >= 4 is 11.4 Å². The summed E-state index contributed by atoms with van der Waals surface area (Å²) in [4.78, 5) is 0. The van der Waals surface area contributed by atoms with E-state index in [2.05, 4.69) is 0 Å². The largest absolute Gasteiger partial charge is 0.508 e. The van der Waals surface area contributed by atoms with Gasteiger partial charge in [-0.15, -0.1) is 0 Å². The fourth-order valence-corrected chi connectivity index (χ4v) is 1.65. The zero-order chi connectivity index (χ0) is 11.7. The Balaban J connectivity index is 2.67. The molecule has 0 radical (unpaired) electrons. The number of phenolic OH excluding ortho intramolecular Hbond substituents is 2. The first-order chi connectivity index (χ1) is 7.58. The molecule has 2 rings (SSSR count). The second kappa shape index (κ2) is 3.66. The summed E-state index contributed by atoms with van der Waals surface area (Å²) in [5.74, 6) is 0.0997.